The molecule has 0 bridgehead atoms. The predicted molar refractivity (Wildman–Crippen MR) is 73.6 cm³/mol. The number of sulfonamides is 1. The topological polar surface area (TPSA) is 118 Å². The maximum absolute atomic E-state index is 11.9. The molecular weight excluding hydrogens is 339 g/mol. The van der Waals surface area contributed by atoms with Crippen LogP contribution in [0.2, 0.25) is 0 Å². The summed E-state index contributed by atoms with van der Waals surface area (Å²) in [5, 5.41) is 8.69. The first kappa shape index (κ1) is 18.9. The van der Waals surface area contributed by atoms with Crippen LogP contribution in [-0.2, 0) is 26.0 Å². The van der Waals surface area contributed by atoms with Gasteiger partial charge in [-0.15, -0.1) is 0 Å². The van der Waals surface area contributed by atoms with Crippen molar-refractivity contribution in [1.29, 1.82) is 0 Å². The number of rotatable bonds is 6. The molecule has 0 aliphatic heterocycles. The molecule has 0 radical (unpaired) electrons. The summed E-state index contributed by atoms with van der Waals surface area (Å²) in [6, 6.07) is 5.60. The highest BCUT2D eigenvalue weighted by molar-refractivity contribution is 7.89. The normalized spacial score (nSPS) is 11.8. The molecule has 1 aromatic rings. The van der Waals surface area contributed by atoms with Gasteiger partial charge in [-0.2, -0.15) is 13.2 Å². The Balaban J connectivity index is 2.37. The van der Waals surface area contributed by atoms with Crippen molar-refractivity contribution >= 4 is 21.8 Å². The standard InChI is InChI=1S/C12H14F3N3O4S/c13-12(14,15)11(20)18-7-10(19)17-6-5-8-1-3-9(4-2-8)23(16,21)22/h1-4H,5-7H2,(H,17,19)(H,18,20)(H2,16,21,22). The molecule has 0 saturated carbocycles. The molecule has 0 aliphatic rings. The summed E-state index contributed by atoms with van der Waals surface area (Å²) < 4.78 is 57.8. The van der Waals surface area contributed by atoms with Gasteiger partial charge in [0.25, 0.3) is 0 Å². The molecule has 7 nitrogen and oxygen atoms in total. The molecule has 0 saturated heterocycles. The molecule has 1 rings (SSSR count). The first-order valence-electron chi connectivity index (χ1n) is 6.23. The van der Waals surface area contributed by atoms with E-state index in [1.165, 1.54) is 29.6 Å². The zero-order valence-corrected chi connectivity index (χ0v) is 12.5. The Morgan fingerprint density at radius 1 is 1.09 bits per heavy atom. The fraction of sp³-hybridized carbons (Fsp3) is 0.333. The Morgan fingerprint density at radius 3 is 2.13 bits per heavy atom. The number of nitrogens with one attached hydrogen (secondary N) is 2. The highest BCUT2D eigenvalue weighted by Gasteiger charge is 2.38. The molecule has 0 atom stereocenters. The van der Waals surface area contributed by atoms with Gasteiger partial charge < -0.3 is 10.6 Å². The van der Waals surface area contributed by atoms with Crippen LogP contribution in [-0.4, -0.2) is 39.5 Å². The average molecular weight is 353 g/mol. The number of benzene rings is 1. The van der Waals surface area contributed by atoms with E-state index in [1.54, 1.807) is 0 Å². The number of primary sulfonamides is 1. The van der Waals surface area contributed by atoms with E-state index in [0.717, 1.165) is 0 Å². The van der Waals surface area contributed by atoms with Crippen molar-refractivity contribution in [3.8, 4) is 0 Å². The number of amides is 2. The smallest absolute Gasteiger partial charge is 0.354 e. The number of carbonyl (C=O) groups excluding carboxylic acids is 2. The molecule has 1 aromatic carbocycles. The minimum Gasteiger partial charge on any atom is -0.354 e. The highest BCUT2D eigenvalue weighted by Crippen LogP contribution is 2.13. The molecule has 0 unspecified atom stereocenters. The van der Waals surface area contributed by atoms with Gasteiger partial charge in [-0.25, -0.2) is 13.6 Å². The van der Waals surface area contributed by atoms with Crippen LogP contribution in [0.25, 0.3) is 0 Å². The zero-order valence-electron chi connectivity index (χ0n) is 11.7. The second-order valence-electron chi connectivity index (χ2n) is 4.47. The third kappa shape index (κ3) is 6.65. The first-order chi connectivity index (χ1) is 10.5. The van der Waals surface area contributed by atoms with Crippen LogP contribution in [0.3, 0.4) is 0 Å². The minimum absolute atomic E-state index is 0.0554. The largest absolute Gasteiger partial charge is 0.471 e. The van der Waals surface area contributed by atoms with Gasteiger partial charge >= 0.3 is 12.1 Å². The van der Waals surface area contributed by atoms with Crippen molar-refractivity contribution < 1.29 is 31.2 Å². The van der Waals surface area contributed by atoms with E-state index >= 15 is 0 Å². The summed E-state index contributed by atoms with van der Waals surface area (Å²) in [5.41, 5.74) is 0.692. The van der Waals surface area contributed by atoms with E-state index in [9.17, 15) is 31.2 Å². The van der Waals surface area contributed by atoms with Crippen LogP contribution in [0.15, 0.2) is 29.2 Å². The summed E-state index contributed by atoms with van der Waals surface area (Å²) >= 11 is 0. The second-order valence-corrected chi connectivity index (χ2v) is 6.03. The van der Waals surface area contributed by atoms with E-state index in [2.05, 4.69) is 5.32 Å². The third-order valence-corrected chi connectivity index (χ3v) is 3.58. The Bertz CT molecular complexity index is 672. The Labute approximate surface area is 130 Å². The van der Waals surface area contributed by atoms with Crippen molar-refractivity contribution in [2.45, 2.75) is 17.5 Å². The lowest BCUT2D eigenvalue weighted by atomic mass is 10.1. The molecule has 2 amide bonds. The van der Waals surface area contributed by atoms with Gasteiger partial charge in [-0.05, 0) is 24.1 Å². The number of carbonyl (C=O) groups is 2. The lowest BCUT2D eigenvalue weighted by Crippen LogP contribution is -2.43. The molecule has 0 heterocycles. The van der Waals surface area contributed by atoms with Gasteiger partial charge in [0.2, 0.25) is 15.9 Å². The summed E-state index contributed by atoms with van der Waals surface area (Å²) in [6.45, 7) is -0.682. The molecule has 4 N–H and O–H groups in total. The molecule has 23 heavy (non-hydrogen) atoms. The fourth-order valence-corrected chi connectivity index (χ4v) is 2.03. The van der Waals surface area contributed by atoms with Crippen LogP contribution in [0.1, 0.15) is 5.56 Å². The zero-order chi connectivity index (χ0) is 17.7. The van der Waals surface area contributed by atoms with Gasteiger partial charge in [-0.1, -0.05) is 12.1 Å². The summed E-state index contributed by atoms with van der Waals surface area (Å²) in [6.07, 6.45) is -4.71. The number of hydrogen-bond donors (Lipinski definition) is 3. The number of halogens is 3. The summed E-state index contributed by atoms with van der Waals surface area (Å²) in [7, 11) is -3.78. The summed E-state index contributed by atoms with van der Waals surface area (Å²) in [5.74, 6) is -2.96. The van der Waals surface area contributed by atoms with Crippen molar-refractivity contribution in [3.63, 3.8) is 0 Å². The maximum Gasteiger partial charge on any atom is 0.471 e. The van der Waals surface area contributed by atoms with E-state index in [4.69, 9.17) is 5.14 Å². The number of hydrogen-bond acceptors (Lipinski definition) is 4. The molecule has 0 aliphatic carbocycles. The Morgan fingerprint density at radius 2 is 1.65 bits per heavy atom. The van der Waals surface area contributed by atoms with Crippen LogP contribution >= 0.6 is 0 Å². The lowest BCUT2D eigenvalue weighted by molar-refractivity contribution is -0.173. The lowest BCUT2D eigenvalue weighted by Gasteiger charge is -2.08. The van der Waals surface area contributed by atoms with Gasteiger partial charge in [0.1, 0.15) is 0 Å². The SMILES string of the molecule is NS(=O)(=O)c1ccc(CCNC(=O)CNC(=O)C(F)(F)F)cc1. The molecular formula is C12H14F3N3O4S. The first-order valence-corrected chi connectivity index (χ1v) is 7.78. The molecule has 0 aromatic heterocycles. The highest BCUT2D eigenvalue weighted by atomic mass is 32.2. The quantitative estimate of drug-likeness (QED) is 0.649. The van der Waals surface area contributed by atoms with E-state index in [0.29, 0.717) is 12.0 Å². The van der Waals surface area contributed by atoms with E-state index < -0.39 is 34.6 Å². The summed E-state index contributed by atoms with van der Waals surface area (Å²) in [4.78, 5) is 21.7. The van der Waals surface area contributed by atoms with Crippen LogP contribution in [0.5, 0.6) is 0 Å². The predicted octanol–water partition coefficient (Wildman–Crippen LogP) is -0.329. The molecule has 0 spiro atoms. The average Bonchev–Trinajstić information content (AvgIpc) is 2.43. The van der Waals surface area contributed by atoms with E-state index in [1.807, 2.05) is 0 Å². The third-order valence-electron chi connectivity index (χ3n) is 2.65. The van der Waals surface area contributed by atoms with Crippen molar-refractivity contribution in [1.82, 2.24) is 10.6 Å². The van der Waals surface area contributed by atoms with Gasteiger partial charge in [0.05, 0.1) is 11.4 Å². The van der Waals surface area contributed by atoms with Gasteiger partial charge in [-0.3, -0.25) is 9.59 Å². The fourth-order valence-electron chi connectivity index (χ4n) is 1.52. The maximum atomic E-state index is 11.9. The van der Waals surface area contributed by atoms with Gasteiger partial charge in [0.15, 0.2) is 0 Å². The van der Waals surface area contributed by atoms with Crippen LogP contribution in [0.4, 0.5) is 13.2 Å². The van der Waals surface area contributed by atoms with Crippen molar-refractivity contribution in [2.75, 3.05) is 13.1 Å². The van der Waals surface area contributed by atoms with Crippen molar-refractivity contribution in [3.05, 3.63) is 29.8 Å². The second kappa shape index (κ2) is 7.42. The van der Waals surface area contributed by atoms with Gasteiger partial charge in [0, 0.05) is 6.54 Å². The minimum atomic E-state index is -5.04. The monoisotopic (exact) mass is 353 g/mol. The van der Waals surface area contributed by atoms with Crippen LogP contribution in [0, 0.1) is 0 Å². The van der Waals surface area contributed by atoms with E-state index in [-0.39, 0.29) is 11.4 Å². The number of nitrogens with two attached hydrogens (primary N) is 1. The van der Waals surface area contributed by atoms with Crippen LogP contribution < -0.4 is 15.8 Å². The molecule has 0 fully saturated rings. The van der Waals surface area contributed by atoms with Crippen molar-refractivity contribution in [2.24, 2.45) is 5.14 Å². The number of alkyl halides is 3. The Hall–Kier alpha value is -2.14. The molecule has 128 valence electrons. The molecule has 11 heteroatoms. The Kier molecular flexibility index (Phi) is 6.10.